The van der Waals surface area contributed by atoms with Crippen LogP contribution in [0.5, 0.6) is 0 Å². The number of esters is 1. The summed E-state index contributed by atoms with van der Waals surface area (Å²) in [6.07, 6.45) is -1.11. The summed E-state index contributed by atoms with van der Waals surface area (Å²) in [4.78, 5) is 15.8. The molecule has 1 aromatic carbocycles. The van der Waals surface area contributed by atoms with Crippen molar-refractivity contribution in [2.45, 2.75) is 20.1 Å². The number of hydrogen-bond donors (Lipinski definition) is 1. The van der Waals surface area contributed by atoms with Gasteiger partial charge >= 0.3 is 5.97 Å². The van der Waals surface area contributed by atoms with Gasteiger partial charge in [0.1, 0.15) is 0 Å². The molecule has 1 aromatic rings. The fourth-order valence-corrected chi connectivity index (χ4v) is 3.74. The van der Waals surface area contributed by atoms with Crippen molar-refractivity contribution >= 4 is 21.7 Å². The summed E-state index contributed by atoms with van der Waals surface area (Å²) in [7, 11) is -2.50. The van der Waals surface area contributed by atoms with Crippen molar-refractivity contribution in [3.05, 3.63) is 40.3 Å². The van der Waals surface area contributed by atoms with E-state index in [2.05, 4.69) is 9.62 Å². The van der Waals surface area contributed by atoms with Crippen molar-refractivity contribution in [3.63, 3.8) is 0 Å². The van der Waals surface area contributed by atoms with Gasteiger partial charge in [-0.25, -0.2) is 27.7 Å². The molecular formula is C13H15NO6S. The predicted octanol–water partition coefficient (Wildman–Crippen LogP) is 1.73. The van der Waals surface area contributed by atoms with Gasteiger partial charge in [-0.15, -0.1) is 0 Å². The number of carbonyl (C=O) groups excluding carboxylic acids is 1. The van der Waals surface area contributed by atoms with Crippen molar-refractivity contribution < 1.29 is 28.1 Å². The molecule has 0 saturated carbocycles. The SMILES string of the molecule is COC(=O)c1ccc(N2C(OO)C(C)=C(C)S2(=O)=O)cc1. The first-order chi connectivity index (χ1) is 9.84. The highest BCUT2D eigenvalue weighted by Crippen LogP contribution is 2.36. The molecule has 114 valence electrons. The van der Waals surface area contributed by atoms with Crippen LogP contribution in [0.2, 0.25) is 0 Å². The molecule has 2 rings (SSSR count). The first-order valence-electron chi connectivity index (χ1n) is 6.05. The summed E-state index contributed by atoms with van der Waals surface area (Å²) >= 11 is 0. The molecular weight excluding hydrogens is 298 g/mol. The molecule has 21 heavy (non-hydrogen) atoms. The fourth-order valence-electron chi connectivity index (χ4n) is 2.09. The Bertz CT molecular complexity index is 692. The number of benzene rings is 1. The second kappa shape index (κ2) is 5.47. The topological polar surface area (TPSA) is 93.1 Å². The zero-order valence-corrected chi connectivity index (χ0v) is 12.5. The number of ether oxygens (including phenoxy) is 1. The van der Waals surface area contributed by atoms with Crippen molar-refractivity contribution in [3.8, 4) is 0 Å². The van der Waals surface area contributed by atoms with Gasteiger partial charge in [0.2, 0.25) is 6.23 Å². The molecule has 7 nitrogen and oxygen atoms in total. The van der Waals surface area contributed by atoms with Gasteiger partial charge < -0.3 is 4.74 Å². The van der Waals surface area contributed by atoms with Gasteiger partial charge in [0.05, 0.1) is 23.3 Å². The van der Waals surface area contributed by atoms with Crippen LogP contribution < -0.4 is 4.31 Å². The minimum atomic E-state index is -3.76. The molecule has 1 aliphatic rings. The van der Waals surface area contributed by atoms with E-state index >= 15 is 0 Å². The molecule has 1 aliphatic heterocycles. The monoisotopic (exact) mass is 313 g/mol. The highest BCUT2D eigenvalue weighted by Gasteiger charge is 2.42. The molecule has 0 saturated heterocycles. The Hall–Kier alpha value is -1.90. The number of methoxy groups -OCH3 is 1. The lowest BCUT2D eigenvalue weighted by atomic mass is 10.2. The van der Waals surface area contributed by atoms with E-state index in [0.717, 1.165) is 4.31 Å². The smallest absolute Gasteiger partial charge is 0.337 e. The van der Waals surface area contributed by atoms with Crippen LogP contribution in [0.25, 0.3) is 0 Å². The fraction of sp³-hybridized carbons (Fsp3) is 0.308. The number of carbonyl (C=O) groups is 1. The largest absolute Gasteiger partial charge is 0.465 e. The van der Waals surface area contributed by atoms with Gasteiger partial charge in [0.25, 0.3) is 10.0 Å². The van der Waals surface area contributed by atoms with E-state index in [-0.39, 0.29) is 10.6 Å². The minimum absolute atomic E-state index is 0.124. The number of allylic oxidation sites excluding steroid dienone is 1. The number of sulfonamides is 1. The average molecular weight is 313 g/mol. The van der Waals surface area contributed by atoms with Crippen LogP contribution in [0.1, 0.15) is 24.2 Å². The maximum absolute atomic E-state index is 12.3. The zero-order valence-electron chi connectivity index (χ0n) is 11.7. The molecule has 1 atom stereocenters. The van der Waals surface area contributed by atoms with Crippen LogP contribution in [0.15, 0.2) is 34.7 Å². The zero-order chi connectivity index (χ0) is 15.8. The Morgan fingerprint density at radius 3 is 2.29 bits per heavy atom. The van der Waals surface area contributed by atoms with Gasteiger partial charge in [-0.3, -0.25) is 0 Å². The third-order valence-electron chi connectivity index (χ3n) is 3.43. The van der Waals surface area contributed by atoms with Gasteiger partial charge in [-0.2, -0.15) is 0 Å². The maximum Gasteiger partial charge on any atom is 0.337 e. The Kier molecular flexibility index (Phi) is 4.04. The number of rotatable bonds is 3. The van der Waals surface area contributed by atoms with E-state index in [4.69, 9.17) is 5.26 Å². The quantitative estimate of drug-likeness (QED) is 0.519. The van der Waals surface area contributed by atoms with Crippen molar-refractivity contribution in [1.82, 2.24) is 0 Å². The van der Waals surface area contributed by atoms with Crippen LogP contribution in [0.4, 0.5) is 5.69 Å². The van der Waals surface area contributed by atoms with Gasteiger partial charge in [0, 0.05) is 0 Å². The second-order valence-electron chi connectivity index (χ2n) is 4.54. The van der Waals surface area contributed by atoms with Crippen LogP contribution in [-0.4, -0.2) is 33.0 Å². The Labute approximate surface area is 122 Å². The van der Waals surface area contributed by atoms with E-state index in [1.54, 1.807) is 6.92 Å². The normalized spacial score (nSPS) is 20.8. The highest BCUT2D eigenvalue weighted by atomic mass is 32.2. The van der Waals surface area contributed by atoms with Crippen LogP contribution in [0, 0.1) is 0 Å². The van der Waals surface area contributed by atoms with Crippen LogP contribution in [0.3, 0.4) is 0 Å². The molecule has 1 unspecified atom stereocenters. The van der Waals surface area contributed by atoms with Crippen molar-refractivity contribution in [2.75, 3.05) is 11.4 Å². The summed E-state index contributed by atoms with van der Waals surface area (Å²) in [5, 5.41) is 8.98. The molecule has 1 heterocycles. The molecule has 1 N–H and O–H groups in total. The molecule has 0 fully saturated rings. The van der Waals surface area contributed by atoms with Gasteiger partial charge in [-0.1, -0.05) is 0 Å². The predicted molar refractivity (Wildman–Crippen MR) is 75.1 cm³/mol. The summed E-state index contributed by atoms with van der Waals surface area (Å²) < 4.78 is 30.2. The van der Waals surface area contributed by atoms with E-state index in [1.807, 2.05) is 0 Å². The maximum atomic E-state index is 12.3. The number of anilines is 1. The lowest BCUT2D eigenvalue weighted by Gasteiger charge is -2.24. The first kappa shape index (κ1) is 15.5. The lowest BCUT2D eigenvalue weighted by molar-refractivity contribution is -0.264. The molecule has 0 bridgehead atoms. The molecule has 0 radical (unpaired) electrons. The van der Waals surface area contributed by atoms with Gasteiger partial charge in [-0.05, 0) is 43.7 Å². The van der Waals surface area contributed by atoms with Crippen LogP contribution in [-0.2, 0) is 19.6 Å². The van der Waals surface area contributed by atoms with Gasteiger partial charge in [0.15, 0.2) is 0 Å². The van der Waals surface area contributed by atoms with E-state index in [9.17, 15) is 13.2 Å². The van der Waals surface area contributed by atoms with E-state index in [1.165, 1.54) is 38.3 Å². The minimum Gasteiger partial charge on any atom is -0.465 e. The highest BCUT2D eigenvalue weighted by molar-refractivity contribution is 7.96. The second-order valence-corrected chi connectivity index (χ2v) is 6.49. The summed E-state index contributed by atoms with van der Waals surface area (Å²) in [5.41, 5.74) is 0.966. The number of nitrogens with zero attached hydrogens (tertiary/aromatic N) is 1. The number of hydrogen-bond acceptors (Lipinski definition) is 6. The van der Waals surface area contributed by atoms with E-state index < -0.39 is 22.2 Å². The molecule has 8 heteroatoms. The Morgan fingerprint density at radius 2 is 1.81 bits per heavy atom. The molecule has 0 amide bonds. The van der Waals surface area contributed by atoms with Crippen LogP contribution >= 0.6 is 0 Å². The third-order valence-corrected chi connectivity index (χ3v) is 5.44. The summed E-state index contributed by atoms with van der Waals surface area (Å²) in [6.45, 7) is 3.01. The Morgan fingerprint density at radius 1 is 1.24 bits per heavy atom. The molecule has 0 aromatic heterocycles. The molecule has 0 aliphatic carbocycles. The standard InChI is InChI=1S/C13H15NO6S/c1-8-9(2)21(17,18)14(12(8)20-16)11-6-4-10(5-7-11)13(15)19-3/h4-7,12,16H,1-3H3. The average Bonchev–Trinajstić information content (AvgIpc) is 2.66. The molecule has 0 spiro atoms. The van der Waals surface area contributed by atoms with E-state index in [0.29, 0.717) is 11.1 Å². The first-order valence-corrected chi connectivity index (χ1v) is 7.49. The summed E-state index contributed by atoms with van der Waals surface area (Å²) in [5.74, 6) is -0.522. The lowest BCUT2D eigenvalue weighted by Crippen LogP contribution is -2.36. The van der Waals surface area contributed by atoms with Crippen molar-refractivity contribution in [2.24, 2.45) is 0 Å². The third kappa shape index (κ3) is 2.41. The van der Waals surface area contributed by atoms with Crippen molar-refractivity contribution in [1.29, 1.82) is 0 Å². The Balaban J connectivity index is 2.44. The summed E-state index contributed by atoms with van der Waals surface area (Å²) in [6, 6.07) is 5.77.